The lowest BCUT2D eigenvalue weighted by Crippen LogP contribution is -2.34. The molecule has 0 aliphatic carbocycles. The molecule has 1 N–H and O–H groups in total. The fourth-order valence-electron chi connectivity index (χ4n) is 3.05. The first-order valence-corrected chi connectivity index (χ1v) is 9.38. The van der Waals surface area contributed by atoms with Crippen molar-refractivity contribution in [1.29, 1.82) is 0 Å². The maximum absolute atomic E-state index is 8.96. The van der Waals surface area contributed by atoms with Crippen LogP contribution in [0.25, 0.3) is 0 Å². The molecule has 1 saturated heterocycles. The highest BCUT2D eigenvalue weighted by Gasteiger charge is 2.21. The molecule has 0 saturated carbocycles. The molecule has 124 valence electrons. The Bertz CT molecular complexity index is 605. The Morgan fingerprint density at radius 3 is 2.61 bits per heavy atom. The maximum atomic E-state index is 8.96. The van der Waals surface area contributed by atoms with E-state index in [-0.39, 0.29) is 6.61 Å². The minimum Gasteiger partial charge on any atom is -0.396 e. The minimum absolute atomic E-state index is 0.131. The van der Waals surface area contributed by atoms with Gasteiger partial charge in [0.1, 0.15) is 0 Å². The molecule has 1 fully saturated rings. The van der Waals surface area contributed by atoms with Gasteiger partial charge in [0.2, 0.25) is 0 Å². The van der Waals surface area contributed by atoms with Crippen molar-refractivity contribution in [3.8, 4) is 0 Å². The van der Waals surface area contributed by atoms with Crippen LogP contribution >= 0.6 is 11.8 Å². The molecule has 0 atom stereocenters. The smallest absolute Gasteiger partial charge is 0.0850 e. The molecule has 1 aliphatic heterocycles. The van der Waals surface area contributed by atoms with E-state index in [2.05, 4.69) is 45.7 Å². The van der Waals surface area contributed by atoms with E-state index in [1.54, 1.807) is 11.8 Å². The predicted molar refractivity (Wildman–Crippen MR) is 92.6 cm³/mol. The van der Waals surface area contributed by atoms with Crippen LogP contribution in [0.4, 0.5) is 0 Å². The number of aliphatic hydroxyl groups is 1. The Hall–Kier alpha value is -1.37. The molecule has 2 aromatic rings. The van der Waals surface area contributed by atoms with Crippen LogP contribution in [0.15, 0.2) is 35.4 Å². The van der Waals surface area contributed by atoms with Gasteiger partial charge in [-0.3, -0.25) is 4.90 Å². The van der Waals surface area contributed by atoms with Crippen molar-refractivity contribution in [2.75, 3.05) is 26.0 Å². The van der Waals surface area contributed by atoms with E-state index in [1.807, 2.05) is 10.9 Å². The van der Waals surface area contributed by atoms with E-state index in [9.17, 15) is 0 Å². The summed E-state index contributed by atoms with van der Waals surface area (Å²) in [6.45, 7) is 3.33. The van der Waals surface area contributed by atoms with Gasteiger partial charge in [-0.2, -0.15) is 0 Å². The first-order chi connectivity index (χ1) is 11.3. The quantitative estimate of drug-likeness (QED) is 0.823. The van der Waals surface area contributed by atoms with Crippen molar-refractivity contribution in [2.45, 2.75) is 36.7 Å². The summed E-state index contributed by atoms with van der Waals surface area (Å²) in [5, 5.41) is 17.3. The molecule has 0 spiro atoms. The molecule has 6 heteroatoms. The number of aromatic nitrogens is 3. The van der Waals surface area contributed by atoms with Crippen LogP contribution in [0.2, 0.25) is 0 Å². The molecule has 1 aromatic carbocycles. The standard InChI is InChI=1S/C17H24N4OS/c1-23-17-4-2-14(3-5-17)12-20-9-6-16(7-10-20)21-13-15(8-11-22)18-19-21/h2-5,13,16,22H,6-12H2,1H3. The highest BCUT2D eigenvalue weighted by Crippen LogP contribution is 2.23. The lowest BCUT2D eigenvalue weighted by molar-refractivity contribution is 0.172. The number of benzene rings is 1. The first kappa shape index (κ1) is 16.5. The van der Waals surface area contributed by atoms with Gasteiger partial charge in [0.15, 0.2) is 0 Å². The predicted octanol–water partition coefficient (Wildman–Crippen LogP) is 2.37. The summed E-state index contributed by atoms with van der Waals surface area (Å²) in [5.74, 6) is 0. The molecule has 2 heterocycles. The summed E-state index contributed by atoms with van der Waals surface area (Å²) < 4.78 is 1.98. The monoisotopic (exact) mass is 332 g/mol. The zero-order valence-electron chi connectivity index (χ0n) is 13.6. The van der Waals surface area contributed by atoms with Crippen LogP contribution in [0, 0.1) is 0 Å². The molecule has 1 aromatic heterocycles. The second-order valence-electron chi connectivity index (χ2n) is 6.02. The lowest BCUT2D eigenvalue weighted by atomic mass is 10.0. The molecule has 5 nitrogen and oxygen atoms in total. The molecule has 1 aliphatic rings. The highest BCUT2D eigenvalue weighted by atomic mass is 32.2. The highest BCUT2D eigenvalue weighted by molar-refractivity contribution is 7.98. The normalized spacial score (nSPS) is 16.8. The average molecular weight is 332 g/mol. The van der Waals surface area contributed by atoms with Gasteiger partial charge in [0, 0.05) is 43.8 Å². The fraction of sp³-hybridized carbons (Fsp3) is 0.529. The molecule has 23 heavy (non-hydrogen) atoms. The van der Waals surface area contributed by atoms with Crippen molar-refractivity contribution >= 4 is 11.8 Å². The Balaban J connectivity index is 1.51. The second kappa shape index (κ2) is 7.95. The largest absolute Gasteiger partial charge is 0.396 e. The van der Waals surface area contributed by atoms with E-state index < -0.39 is 0 Å². The topological polar surface area (TPSA) is 54.2 Å². The number of hydrogen-bond donors (Lipinski definition) is 1. The van der Waals surface area contributed by atoms with E-state index >= 15 is 0 Å². The molecule has 0 radical (unpaired) electrons. The Kier molecular flexibility index (Phi) is 5.70. The third-order valence-electron chi connectivity index (χ3n) is 4.42. The number of hydrogen-bond acceptors (Lipinski definition) is 5. The number of rotatable bonds is 6. The van der Waals surface area contributed by atoms with Gasteiger partial charge in [-0.1, -0.05) is 17.3 Å². The van der Waals surface area contributed by atoms with Gasteiger partial charge >= 0.3 is 0 Å². The van der Waals surface area contributed by atoms with Crippen molar-refractivity contribution in [1.82, 2.24) is 19.9 Å². The van der Waals surface area contributed by atoms with Gasteiger partial charge in [0.05, 0.1) is 11.7 Å². The van der Waals surface area contributed by atoms with Crippen LogP contribution in [0.3, 0.4) is 0 Å². The Morgan fingerprint density at radius 2 is 1.96 bits per heavy atom. The Labute approximate surface area is 141 Å². The van der Waals surface area contributed by atoms with E-state index in [1.165, 1.54) is 10.5 Å². The summed E-state index contributed by atoms with van der Waals surface area (Å²) in [6, 6.07) is 9.30. The van der Waals surface area contributed by atoms with Crippen molar-refractivity contribution < 1.29 is 5.11 Å². The average Bonchev–Trinajstić information content (AvgIpc) is 3.05. The van der Waals surface area contributed by atoms with E-state index in [0.29, 0.717) is 12.5 Å². The number of aliphatic hydroxyl groups excluding tert-OH is 1. The van der Waals surface area contributed by atoms with Gasteiger partial charge in [0.25, 0.3) is 0 Å². The Morgan fingerprint density at radius 1 is 1.22 bits per heavy atom. The minimum atomic E-state index is 0.131. The van der Waals surface area contributed by atoms with Gasteiger partial charge in [-0.15, -0.1) is 16.9 Å². The zero-order chi connectivity index (χ0) is 16.1. The summed E-state index contributed by atoms with van der Waals surface area (Å²) in [7, 11) is 0. The van der Waals surface area contributed by atoms with Crippen LogP contribution in [0.5, 0.6) is 0 Å². The third kappa shape index (κ3) is 4.34. The van der Waals surface area contributed by atoms with Crippen molar-refractivity contribution in [2.24, 2.45) is 0 Å². The number of nitrogens with zero attached hydrogens (tertiary/aromatic N) is 4. The SMILES string of the molecule is CSc1ccc(CN2CCC(n3cc(CCO)nn3)CC2)cc1. The second-order valence-corrected chi connectivity index (χ2v) is 6.90. The van der Waals surface area contributed by atoms with Crippen LogP contribution < -0.4 is 0 Å². The zero-order valence-corrected chi connectivity index (χ0v) is 14.4. The molecular weight excluding hydrogens is 308 g/mol. The number of thioether (sulfide) groups is 1. The molecule has 0 amide bonds. The van der Waals surface area contributed by atoms with Gasteiger partial charge < -0.3 is 5.11 Å². The summed E-state index contributed by atoms with van der Waals surface area (Å²) in [5.41, 5.74) is 2.26. The van der Waals surface area contributed by atoms with E-state index in [4.69, 9.17) is 5.11 Å². The lowest BCUT2D eigenvalue weighted by Gasteiger charge is -2.31. The number of likely N-dealkylation sites (tertiary alicyclic amines) is 1. The maximum Gasteiger partial charge on any atom is 0.0850 e. The fourth-order valence-corrected chi connectivity index (χ4v) is 3.46. The third-order valence-corrected chi connectivity index (χ3v) is 5.17. The number of piperidine rings is 1. The summed E-state index contributed by atoms with van der Waals surface area (Å²) >= 11 is 1.78. The molecular formula is C17H24N4OS. The van der Waals surface area contributed by atoms with Crippen LogP contribution in [0.1, 0.15) is 30.1 Å². The van der Waals surface area contributed by atoms with Gasteiger partial charge in [-0.25, -0.2) is 4.68 Å². The summed E-state index contributed by atoms with van der Waals surface area (Å²) in [4.78, 5) is 3.83. The van der Waals surface area contributed by atoms with E-state index in [0.717, 1.165) is 38.2 Å². The van der Waals surface area contributed by atoms with Crippen LogP contribution in [-0.2, 0) is 13.0 Å². The molecule has 0 unspecified atom stereocenters. The van der Waals surface area contributed by atoms with Crippen molar-refractivity contribution in [3.05, 3.63) is 41.7 Å². The molecule has 3 rings (SSSR count). The van der Waals surface area contributed by atoms with Crippen LogP contribution in [-0.4, -0.2) is 51.0 Å². The first-order valence-electron chi connectivity index (χ1n) is 8.15. The molecule has 0 bridgehead atoms. The summed E-state index contributed by atoms with van der Waals surface area (Å²) in [6.07, 6.45) is 6.88. The van der Waals surface area contributed by atoms with Gasteiger partial charge in [-0.05, 0) is 36.8 Å². The van der Waals surface area contributed by atoms with Crippen molar-refractivity contribution in [3.63, 3.8) is 0 Å².